The number of fused-ring (bicyclic) bond motifs is 2. The number of imide groups is 1. The molecule has 145 heavy (non-hydrogen) atoms. The van der Waals surface area contributed by atoms with Gasteiger partial charge in [0.15, 0.2) is 38.0 Å². The van der Waals surface area contributed by atoms with Gasteiger partial charge in [-0.1, -0.05) is 107 Å². The van der Waals surface area contributed by atoms with Gasteiger partial charge in [-0.25, -0.2) is 59.0 Å². The maximum absolute atomic E-state index is 13.3. The Kier molecular flexibility index (Phi) is 52.8. The maximum atomic E-state index is 13.3. The number of amides is 5. The summed E-state index contributed by atoms with van der Waals surface area (Å²) in [4.78, 5) is 149. The molecule has 7 aromatic carbocycles. The minimum Gasteiger partial charge on any atom is -1.00 e. The van der Waals surface area contributed by atoms with Crippen LogP contribution in [0.1, 0.15) is 77.5 Å². The van der Waals surface area contributed by atoms with E-state index in [1.54, 1.807) is 151 Å². The van der Waals surface area contributed by atoms with Gasteiger partial charge in [-0.2, -0.15) is 4.90 Å². The first-order chi connectivity index (χ1) is 68.9. The van der Waals surface area contributed by atoms with E-state index in [4.69, 9.17) is 49.9 Å². The Balaban J connectivity index is 0.000000284. The molecule has 38 nitrogen and oxygen atoms in total. The van der Waals surface area contributed by atoms with Crippen LogP contribution in [0.15, 0.2) is 271 Å². The molecule has 0 aliphatic heterocycles. The molecule has 46 heteroatoms. The molecule has 5 amide bonds. The van der Waals surface area contributed by atoms with Crippen LogP contribution in [0, 0.1) is 0 Å². The number of thiazole rings is 4. The number of hydrogen-bond acceptors (Lipinski definition) is 35. The molecular weight excluding hydrogens is 2260 g/mol. The molecule has 0 fully saturated rings. The Hall–Kier alpha value is -11.2. The molecule has 752 valence electrons. The van der Waals surface area contributed by atoms with Crippen LogP contribution in [-0.4, -0.2) is 210 Å². The first-order valence-corrected chi connectivity index (χ1v) is 49.0. The number of aromatic nitrogens is 10. The fourth-order valence-electron chi connectivity index (χ4n) is 12.8. The summed E-state index contributed by atoms with van der Waals surface area (Å²) in [5.74, 6) is -1.76. The third-order valence-electron chi connectivity index (χ3n) is 19.1. The summed E-state index contributed by atoms with van der Waals surface area (Å²) in [6.45, 7) is 15.3. The molecule has 0 radical (unpaired) electrons. The smallest absolute Gasteiger partial charge is 1.00 e. The van der Waals surface area contributed by atoms with E-state index in [0.29, 0.717) is 61.6 Å². The van der Waals surface area contributed by atoms with Crippen molar-refractivity contribution in [2.75, 3.05) is 102 Å². The number of carbonyl (C=O) groups is 8. The second-order valence-electron chi connectivity index (χ2n) is 31.5. The summed E-state index contributed by atoms with van der Waals surface area (Å²) in [5.41, 5.74) is 19.1. The van der Waals surface area contributed by atoms with Gasteiger partial charge in [0.05, 0.1) is 62.0 Å². The van der Waals surface area contributed by atoms with E-state index in [-0.39, 0.29) is 172 Å². The number of halogens is 1. The number of thiocarbonyl (C=S) groups is 1. The van der Waals surface area contributed by atoms with Crippen molar-refractivity contribution < 1.29 is 216 Å². The number of primary amides is 1. The summed E-state index contributed by atoms with van der Waals surface area (Å²) >= 11 is 13.7. The Labute approximate surface area is 987 Å². The van der Waals surface area contributed by atoms with Crippen LogP contribution in [0.5, 0.6) is 0 Å². The van der Waals surface area contributed by atoms with Gasteiger partial charge in [-0.3, -0.25) is 19.2 Å². The third-order valence-corrected chi connectivity index (χ3v) is 22.8. The Morgan fingerprint density at radius 1 is 0.503 bits per heavy atom. The number of alkyl halides is 1. The molecule has 0 saturated carbocycles. The van der Waals surface area contributed by atoms with Crippen molar-refractivity contribution in [3.05, 3.63) is 282 Å². The summed E-state index contributed by atoms with van der Waals surface area (Å²) in [7, 11) is 6.00. The normalized spacial score (nSPS) is 11.1. The molecule has 0 bridgehead atoms. The van der Waals surface area contributed by atoms with Crippen molar-refractivity contribution in [1.29, 1.82) is 0 Å². The molecule has 8 heterocycles. The van der Waals surface area contributed by atoms with E-state index in [2.05, 4.69) is 115 Å². The van der Waals surface area contributed by atoms with Crippen LogP contribution in [0.2, 0.25) is 0 Å². The van der Waals surface area contributed by atoms with Gasteiger partial charge in [-0.05, 0) is 189 Å². The molecule has 1 unspecified atom stereocenters. The van der Waals surface area contributed by atoms with Crippen LogP contribution in [-0.2, 0) is 52.5 Å². The van der Waals surface area contributed by atoms with Crippen molar-refractivity contribution in [2.24, 2.45) is 11.5 Å². The van der Waals surface area contributed by atoms with Gasteiger partial charge >= 0.3 is 162 Å². The van der Waals surface area contributed by atoms with E-state index in [1.165, 1.54) is 48.2 Å². The number of hydrogen-bond donors (Lipinski definition) is 10. The minimum atomic E-state index is -1.37. The van der Waals surface area contributed by atoms with E-state index >= 15 is 0 Å². The Morgan fingerprint density at radius 3 is 1.23 bits per heavy atom. The zero-order chi connectivity index (χ0) is 103. The van der Waals surface area contributed by atoms with E-state index < -0.39 is 71.2 Å². The monoisotopic (exact) mass is 2370 g/mol. The second-order valence-corrected chi connectivity index (χ2v) is 36.1. The van der Waals surface area contributed by atoms with Gasteiger partial charge in [0.2, 0.25) is 17.8 Å². The number of nitrogens with one attached hydrogen (secondary N) is 8. The number of para-hydroxylation sites is 5. The number of H-pyrrole nitrogens is 2. The number of methoxy groups -OCH3 is 2. The van der Waals surface area contributed by atoms with Crippen molar-refractivity contribution >= 4 is 210 Å². The number of nitrogens with zero attached hydrogens (tertiary/aromatic N) is 12. The number of nitrogens with two attached hydrogens (primary N) is 2. The predicted octanol–water partition coefficient (Wildman–Crippen LogP) is 11.3. The largest absolute Gasteiger partial charge is 1.00 e. The topological polar surface area (TPSA) is 496 Å². The fourth-order valence-corrected chi connectivity index (χ4v) is 15.9. The third kappa shape index (κ3) is 40.2. The van der Waals surface area contributed by atoms with Crippen LogP contribution in [0.4, 0.5) is 70.4 Å². The van der Waals surface area contributed by atoms with Crippen molar-refractivity contribution in [3.8, 4) is 22.8 Å². The van der Waals surface area contributed by atoms with Gasteiger partial charge in [0, 0.05) is 147 Å². The number of esters is 2. The second kappa shape index (κ2) is 63.4. The summed E-state index contributed by atoms with van der Waals surface area (Å²) in [5, 5.41) is 39.0. The molecular formula is C99H111BrCs2N22O16S5. The number of rotatable bonds is 33. The first kappa shape index (κ1) is 121. The van der Waals surface area contributed by atoms with Crippen LogP contribution < -0.4 is 201 Å². The number of aromatic amines is 2. The standard InChI is InChI=1S/C27H25N7O3S.C26H24N8O2S.C23H31N3O6S.C9H8N2S.C7H8N2S.C6H13BrO2.CH2O3.2Cs.H/c1-28-26-29-11-10-21(33-26)22-15-18-14-17(8-9-20(18)31-22)24(35)32-23(25(36)37-2)16-34(27-30-12-13-38-27)19-6-4-3-5-7-19;1-28-25-29-10-9-20(33-25)21-14-17-13-16(7-8-19(17)31-21)24(36)32-22(23(27)35)15-34(26-30-11-12-37-26)18-5-3-2-4-6-18;1-22(2,3)31-20(28)26(21(29)32-23(4,5)6)17(18(27)30-7)15-25(19-24-13-14-33-19)16-11-9-8-10-12-16;1-2-4-8(5-3-1)11-9-10-6-7-12-9;8-7(10)9-6-4-2-1-3-5-6;1-3-8-6(5-7)9-4-2;2-1-4-3;;;/h3-15,23,31H,16H2,1-2H3,(H,32,35)(H,28,29,33);2-14,22,31H,15H2,1H3,(H2,27,35)(H,32,36)(H,28,29,33);8-14,17H,15H2,1-7H3;1-7H,(H,10,11);1-5H,(H3,8,9,10);6H,3-5H2,1-2H3;1,3H;;;/q;;;;;;;2*+1;-1/p-1/t23-;22-;;;;;;;;/m00......../s1. The molecule has 8 aromatic heterocycles. The molecule has 15 aromatic rings. The van der Waals surface area contributed by atoms with Gasteiger partial charge < -0.3 is 108 Å². The zero-order valence-corrected chi connectivity index (χ0v) is 100. The molecule has 0 saturated heterocycles. The number of benzene rings is 7. The number of carbonyl (C=O) groups excluding carboxylic acids is 8. The van der Waals surface area contributed by atoms with Crippen molar-refractivity contribution in [2.45, 2.75) is 91.0 Å². The van der Waals surface area contributed by atoms with E-state index in [9.17, 15) is 33.6 Å². The summed E-state index contributed by atoms with van der Waals surface area (Å²) in [6, 6.07) is 62.7. The van der Waals surface area contributed by atoms with Gasteiger partial charge in [0.25, 0.3) is 18.3 Å². The Morgan fingerprint density at radius 2 is 0.883 bits per heavy atom. The SMILES string of the molecule is CCOC(CBr)OCC.CNc1nccc(-c2cc3cc(C(=O)N[C@@H](CN(c4ccccc4)c4nccs4)C(=O)OC)ccc3[nH]2)n1.CNc1nccc(-c2cc3cc(C(=O)N[C@@H](CN(c4ccccc4)c4nccs4)C(N)=O)ccc3[nH]2)n1.COC(=O)C(CN(c1ccccc1)c1nccs1)N(C(=O)OC(C)(C)C)C(=O)OC(C)(C)C.NC(=S)Nc1ccccc1.O=CO[O-].[Cs+].[Cs+].[H-].c1ccc(Nc2nccs2)cc1. The fraction of sp³-hybridized carbons (Fsp3) is 0.242. The quantitative estimate of drug-likeness (QED) is 0.00267. The molecule has 15 rings (SSSR count). The number of ether oxygens (including phenoxy) is 6. The molecule has 12 N–H and O–H groups in total. The van der Waals surface area contributed by atoms with Crippen LogP contribution in [0.3, 0.4) is 0 Å². The average molecular weight is 2370 g/mol. The first-order valence-electron chi connectivity index (χ1n) is 44.0. The van der Waals surface area contributed by atoms with Crippen molar-refractivity contribution in [3.63, 3.8) is 0 Å². The predicted molar refractivity (Wildman–Crippen MR) is 566 cm³/mol. The average Bonchev–Trinajstić information content (AvgIpc) is 1.60. The van der Waals surface area contributed by atoms with Crippen molar-refractivity contribution in [1.82, 2.24) is 65.4 Å². The van der Waals surface area contributed by atoms with E-state index in [0.717, 1.165) is 83.5 Å². The molecule has 0 spiro atoms. The van der Waals surface area contributed by atoms with Crippen LogP contribution >= 0.6 is 73.5 Å². The number of anilines is 11. The molecule has 0 aliphatic rings. The van der Waals surface area contributed by atoms with E-state index in [1.807, 2.05) is 216 Å². The minimum absolute atomic E-state index is 0. The Bertz CT molecular complexity index is 6420. The molecule has 3 atom stereocenters. The zero-order valence-electron chi connectivity index (χ0n) is 83.1. The summed E-state index contributed by atoms with van der Waals surface area (Å²) < 4.78 is 31.2. The van der Waals surface area contributed by atoms with Gasteiger partial charge in [0.1, 0.15) is 23.3 Å². The summed E-state index contributed by atoms with van der Waals surface area (Å²) in [6.07, 6.45) is 8.05. The van der Waals surface area contributed by atoms with Crippen LogP contribution in [0.25, 0.3) is 44.6 Å². The van der Waals surface area contributed by atoms with Gasteiger partial charge in [-0.15, -0.1) is 45.3 Å². The maximum Gasteiger partial charge on any atom is 1.00 e. The molecule has 0 aliphatic carbocycles.